The van der Waals surface area contributed by atoms with E-state index < -0.39 is 6.10 Å². The van der Waals surface area contributed by atoms with Gasteiger partial charge in [-0.2, -0.15) is 0 Å². The van der Waals surface area contributed by atoms with E-state index in [1.807, 2.05) is 39.3 Å². The number of aliphatic hydroxyl groups excluding tert-OH is 1. The molecule has 2 N–H and O–H groups in total. The minimum Gasteiger partial charge on any atom is -0.390 e. The third-order valence-electron chi connectivity index (χ3n) is 4.78. The fourth-order valence-electron chi connectivity index (χ4n) is 3.35. The number of hydrogen-bond acceptors (Lipinski definition) is 7. The number of aliphatic hydroxyl groups is 1. The number of likely N-dealkylation sites (N-methyl/N-ethyl adjacent to an activating group) is 2. The molecule has 0 amide bonds. The van der Waals surface area contributed by atoms with E-state index in [0.717, 1.165) is 18.8 Å². The van der Waals surface area contributed by atoms with Gasteiger partial charge < -0.3 is 24.8 Å². The molecule has 2 fully saturated rings. The Morgan fingerprint density at radius 2 is 2.12 bits per heavy atom. The second-order valence-corrected chi connectivity index (χ2v) is 6.87. The lowest BCUT2D eigenvalue weighted by molar-refractivity contribution is -0.179. The molecule has 5 atom stereocenters. The van der Waals surface area contributed by atoms with E-state index in [2.05, 4.69) is 20.1 Å². The molecule has 2 aliphatic heterocycles. The van der Waals surface area contributed by atoms with Crippen molar-refractivity contribution in [3.63, 3.8) is 0 Å². The monoisotopic (exact) mass is 336 g/mol. The molecular formula is C17H28N4O3. The number of pyridine rings is 1. The van der Waals surface area contributed by atoms with Crippen molar-refractivity contribution in [1.82, 2.24) is 20.1 Å². The van der Waals surface area contributed by atoms with E-state index >= 15 is 0 Å². The van der Waals surface area contributed by atoms with Gasteiger partial charge in [0, 0.05) is 25.8 Å². The van der Waals surface area contributed by atoms with Gasteiger partial charge in [-0.25, -0.2) is 0 Å². The Balaban J connectivity index is 1.64. The van der Waals surface area contributed by atoms with Gasteiger partial charge in [0.2, 0.25) is 0 Å². The first-order valence-corrected chi connectivity index (χ1v) is 8.49. The van der Waals surface area contributed by atoms with Crippen LogP contribution in [0.5, 0.6) is 0 Å². The maximum absolute atomic E-state index is 10.9. The van der Waals surface area contributed by atoms with Crippen molar-refractivity contribution in [3.05, 3.63) is 30.1 Å². The Labute approximate surface area is 143 Å². The summed E-state index contributed by atoms with van der Waals surface area (Å²) in [7, 11) is 6.10. The van der Waals surface area contributed by atoms with Crippen molar-refractivity contribution in [2.45, 2.75) is 37.1 Å². The van der Waals surface area contributed by atoms with Gasteiger partial charge >= 0.3 is 0 Å². The van der Waals surface area contributed by atoms with Crippen molar-refractivity contribution < 1.29 is 14.6 Å². The molecule has 0 aromatic carbocycles. The number of rotatable bonds is 7. The maximum Gasteiger partial charge on any atom is 0.176 e. The van der Waals surface area contributed by atoms with Gasteiger partial charge in [0.1, 0.15) is 6.10 Å². The molecule has 2 aliphatic rings. The fraction of sp³-hybridized carbons (Fsp3) is 0.706. The van der Waals surface area contributed by atoms with Gasteiger partial charge in [0.15, 0.2) is 6.29 Å². The molecule has 134 valence electrons. The zero-order valence-electron chi connectivity index (χ0n) is 14.6. The summed E-state index contributed by atoms with van der Waals surface area (Å²) in [4.78, 5) is 8.58. The molecule has 0 aliphatic carbocycles. The highest BCUT2D eigenvalue weighted by molar-refractivity contribution is 5.06. The summed E-state index contributed by atoms with van der Waals surface area (Å²) in [6.07, 6.45) is 0.751. The summed E-state index contributed by atoms with van der Waals surface area (Å²) in [6, 6.07) is 5.48. The highest BCUT2D eigenvalue weighted by atomic mass is 16.7. The number of nitrogens with zero attached hydrogens (tertiary/aromatic N) is 3. The molecule has 0 saturated carbocycles. The molecule has 1 aromatic rings. The molecule has 3 rings (SSSR count). The third-order valence-corrected chi connectivity index (χ3v) is 4.78. The predicted molar refractivity (Wildman–Crippen MR) is 90.5 cm³/mol. The van der Waals surface area contributed by atoms with Gasteiger partial charge in [0.05, 0.1) is 30.5 Å². The Bertz CT molecular complexity index is 516. The number of fused-ring (bicyclic) bond motifs is 2. The molecule has 0 radical (unpaired) electrons. The van der Waals surface area contributed by atoms with Crippen LogP contribution in [0.25, 0.3) is 0 Å². The van der Waals surface area contributed by atoms with Crippen LogP contribution in [-0.2, 0) is 16.0 Å². The first kappa shape index (κ1) is 17.7. The Morgan fingerprint density at radius 1 is 1.29 bits per heavy atom. The Morgan fingerprint density at radius 3 is 2.83 bits per heavy atom. The van der Waals surface area contributed by atoms with Gasteiger partial charge in [-0.05, 0) is 33.3 Å². The molecule has 3 heterocycles. The van der Waals surface area contributed by atoms with Crippen LogP contribution in [0, 0.1) is 0 Å². The molecule has 1 aromatic heterocycles. The van der Waals surface area contributed by atoms with E-state index in [1.54, 1.807) is 6.20 Å². The lowest BCUT2D eigenvalue weighted by Gasteiger charge is -2.43. The summed E-state index contributed by atoms with van der Waals surface area (Å²) < 4.78 is 11.8. The number of ether oxygens (including phenoxy) is 2. The van der Waals surface area contributed by atoms with Crippen LogP contribution in [0.15, 0.2) is 24.4 Å². The molecule has 2 saturated heterocycles. The van der Waals surface area contributed by atoms with Gasteiger partial charge in [-0.15, -0.1) is 0 Å². The SMILES string of the molecule is CN(C)CCN(C)[C@H]1[C@@H]2OC[C@@H](O2)[C@@H](NCc2ccccn2)[C@@H]1O. The first-order chi connectivity index (χ1) is 11.6. The van der Waals surface area contributed by atoms with Crippen LogP contribution in [-0.4, -0.2) is 91.3 Å². The Kier molecular flexibility index (Phi) is 5.80. The number of hydrogen-bond donors (Lipinski definition) is 2. The minimum absolute atomic E-state index is 0.118. The van der Waals surface area contributed by atoms with Crippen LogP contribution >= 0.6 is 0 Å². The average Bonchev–Trinajstić information content (AvgIpc) is 2.99. The van der Waals surface area contributed by atoms with Gasteiger partial charge in [-0.3, -0.25) is 9.88 Å². The first-order valence-electron chi connectivity index (χ1n) is 8.49. The highest BCUT2D eigenvalue weighted by Crippen LogP contribution is 2.31. The summed E-state index contributed by atoms with van der Waals surface area (Å²) in [6.45, 7) is 2.87. The number of aromatic nitrogens is 1. The number of nitrogens with one attached hydrogen (secondary N) is 1. The van der Waals surface area contributed by atoms with Crippen LogP contribution in [0.2, 0.25) is 0 Å². The normalized spacial score (nSPS) is 32.7. The standard InChI is InChI=1S/C17H28N4O3/c1-20(2)8-9-21(3)15-16(22)14(13-11-23-17(15)24-13)19-10-12-6-4-5-7-18-12/h4-7,13-17,19,22H,8-11H2,1-3H3/t13-,14-,15-,16+,17-/m1/s1. The second kappa shape index (κ2) is 7.86. The summed E-state index contributed by atoms with van der Waals surface area (Å²) in [5, 5.41) is 14.3. The van der Waals surface area contributed by atoms with Crippen molar-refractivity contribution in [2.75, 3.05) is 40.8 Å². The van der Waals surface area contributed by atoms with Crippen LogP contribution in [0.4, 0.5) is 0 Å². The topological polar surface area (TPSA) is 70.1 Å². The zero-order chi connectivity index (χ0) is 17.1. The quantitative estimate of drug-likeness (QED) is 0.697. The van der Waals surface area contributed by atoms with Crippen molar-refractivity contribution in [3.8, 4) is 0 Å². The van der Waals surface area contributed by atoms with E-state index in [9.17, 15) is 5.11 Å². The van der Waals surface area contributed by atoms with Crippen molar-refractivity contribution >= 4 is 0 Å². The minimum atomic E-state index is -0.549. The van der Waals surface area contributed by atoms with Gasteiger partial charge in [0.25, 0.3) is 0 Å². The molecule has 0 spiro atoms. The molecule has 0 unspecified atom stereocenters. The molecule has 7 heteroatoms. The molecule has 24 heavy (non-hydrogen) atoms. The molecule has 2 bridgehead atoms. The van der Waals surface area contributed by atoms with Gasteiger partial charge in [-0.1, -0.05) is 6.07 Å². The predicted octanol–water partition coefficient (Wildman–Crippen LogP) is -0.482. The van der Waals surface area contributed by atoms with Crippen LogP contribution in [0.1, 0.15) is 5.69 Å². The largest absolute Gasteiger partial charge is 0.390 e. The smallest absolute Gasteiger partial charge is 0.176 e. The summed E-state index contributed by atoms with van der Waals surface area (Å²) in [5.74, 6) is 0. The van der Waals surface area contributed by atoms with Crippen molar-refractivity contribution in [1.29, 1.82) is 0 Å². The lowest BCUT2D eigenvalue weighted by atomic mass is 9.95. The van der Waals surface area contributed by atoms with Crippen LogP contribution < -0.4 is 5.32 Å². The third kappa shape index (κ3) is 3.93. The van der Waals surface area contributed by atoms with E-state index in [1.165, 1.54) is 0 Å². The maximum atomic E-state index is 10.9. The van der Waals surface area contributed by atoms with E-state index in [0.29, 0.717) is 13.2 Å². The van der Waals surface area contributed by atoms with Crippen LogP contribution in [0.3, 0.4) is 0 Å². The highest BCUT2D eigenvalue weighted by Gasteiger charge is 2.51. The van der Waals surface area contributed by atoms with Crippen molar-refractivity contribution in [2.24, 2.45) is 0 Å². The molecular weight excluding hydrogens is 308 g/mol. The van der Waals surface area contributed by atoms with E-state index in [-0.39, 0.29) is 24.5 Å². The lowest BCUT2D eigenvalue weighted by Crippen LogP contribution is -2.64. The average molecular weight is 336 g/mol. The fourth-order valence-corrected chi connectivity index (χ4v) is 3.35. The Hall–Kier alpha value is -1.09. The van der Waals surface area contributed by atoms with E-state index in [4.69, 9.17) is 9.47 Å². The molecule has 7 nitrogen and oxygen atoms in total. The second-order valence-electron chi connectivity index (χ2n) is 6.87. The summed E-state index contributed by atoms with van der Waals surface area (Å²) in [5.41, 5.74) is 0.947. The summed E-state index contributed by atoms with van der Waals surface area (Å²) >= 11 is 0. The zero-order valence-corrected chi connectivity index (χ0v) is 14.6.